The van der Waals surface area contributed by atoms with E-state index < -0.39 is 6.03 Å². The number of carbonyl (C=O) groups excluding carboxylic acids is 3. The Labute approximate surface area is 108 Å². The maximum absolute atomic E-state index is 11.9. The predicted octanol–water partition coefficient (Wildman–Crippen LogP) is 1.43. The van der Waals surface area contributed by atoms with E-state index in [1.807, 2.05) is 6.07 Å². The van der Waals surface area contributed by atoms with Crippen molar-refractivity contribution >= 4 is 34.8 Å². The third-order valence-electron chi connectivity index (χ3n) is 3.14. The van der Waals surface area contributed by atoms with E-state index in [2.05, 4.69) is 10.3 Å². The monoisotopic (exact) mass is 257 g/mol. The van der Waals surface area contributed by atoms with E-state index in [1.165, 1.54) is 4.90 Å². The summed E-state index contributed by atoms with van der Waals surface area (Å²) in [6.07, 6.45) is 2.73. The first-order chi connectivity index (χ1) is 9.19. The van der Waals surface area contributed by atoms with Crippen LogP contribution in [0.25, 0.3) is 10.9 Å². The van der Waals surface area contributed by atoms with Gasteiger partial charge in [-0.2, -0.15) is 0 Å². The molecule has 0 atom stereocenters. The summed E-state index contributed by atoms with van der Waals surface area (Å²) in [5.74, 6) is -0.282. The van der Waals surface area contributed by atoms with Gasteiger partial charge in [0.05, 0.1) is 11.2 Å². The van der Waals surface area contributed by atoms with Crippen LogP contribution in [0.2, 0.25) is 0 Å². The lowest BCUT2D eigenvalue weighted by molar-refractivity contribution is -0.120. The molecule has 2 N–H and O–H groups in total. The molecule has 1 aromatic heterocycles. The smallest absolute Gasteiger partial charge is 0.328 e. The molecule has 0 saturated carbocycles. The number of urea groups is 1. The minimum Gasteiger partial charge on any atom is -0.359 e. The number of benzene rings is 1. The van der Waals surface area contributed by atoms with E-state index in [1.54, 1.807) is 18.3 Å². The number of carbonyl (C=O) groups is 3. The molecule has 2 heterocycles. The molecular formula is C13H11N3O3. The average molecular weight is 257 g/mol. The maximum atomic E-state index is 11.9. The first-order valence-electron chi connectivity index (χ1n) is 5.87. The number of imide groups is 1. The van der Waals surface area contributed by atoms with E-state index >= 15 is 0 Å². The van der Waals surface area contributed by atoms with Gasteiger partial charge in [0.2, 0.25) is 5.91 Å². The fourth-order valence-corrected chi connectivity index (χ4v) is 2.25. The molecule has 0 aliphatic carbocycles. The molecule has 0 unspecified atom stereocenters. The number of aromatic nitrogens is 1. The fraction of sp³-hybridized carbons (Fsp3) is 0.154. The highest BCUT2D eigenvalue weighted by molar-refractivity contribution is 6.10. The summed E-state index contributed by atoms with van der Waals surface area (Å²) in [5.41, 5.74) is 1.87. The molecule has 96 valence electrons. The highest BCUT2D eigenvalue weighted by Crippen LogP contribution is 2.28. The number of nitrogens with one attached hydrogen (secondary N) is 2. The molecule has 3 amide bonds. The first kappa shape index (κ1) is 11.5. The molecule has 1 fully saturated rings. The molecule has 19 heavy (non-hydrogen) atoms. The molecule has 0 spiro atoms. The van der Waals surface area contributed by atoms with Crippen LogP contribution >= 0.6 is 0 Å². The number of fused-ring (bicyclic) bond motifs is 1. The Morgan fingerprint density at radius 3 is 2.84 bits per heavy atom. The van der Waals surface area contributed by atoms with E-state index in [-0.39, 0.29) is 12.3 Å². The number of amides is 3. The molecule has 1 aliphatic heterocycles. The summed E-state index contributed by atoms with van der Waals surface area (Å²) in [7, 11) is 0. The molecular weight excluding hydrogens is 246 g/mol. The SMILES string of the molecule is O=Cc1cc(N2CCC(=O)NC2=O)c2[nH]ccc2c1. The van der Waals surface area contributed by atoms with Gasteiger partial charge in [-0.3, -0.25) is 19.8 Å². The number of nitrogens with zero attached hydrogens (tertiary/aromatic N) is 1. The Bertz CT molecular complexity index is 689. The van der Waals surface area contributed by atoms with Crippen molar-refractivity contribution < 1.29 is 14.4 Å². The van der Waals surface area contributed by atoms with Crippen LogP contribution in [0.5, 0.6) is 0 Å². The zero-order chi connectivity index (χ0) is 13.4. The van der Waals surface area contributed by atoms with Crippen molar-refractivity contribution in [2.45, 2.75) is 6.42 Å². The second-order valence-corrected chi connectivity index (χ2v) is 4.35. The molecule has 1 aromatic carbocycles. The highest BCUT2D eigenvalue weighted by Gasteiger charge is 2.26. The van der Waals surface area contributed by atoms with Crippen molar-refractivity contribution in [1.82, 2.24) is 10.3 Å². The molecule has 1 aliphatic rings. The number of anilines is 1. The van der Waals surface area contributed by atoms with Gasteiger partial charge >= 0.3 is 6.03 Å². The molecule has 0 radical (unpaired) electrons. The lowest BCUT2D eigenvalue weighted by atomic mass is 10.1. The number of aromatic amines is 1. The van der Waals surface area contributed by atoms with Gasteiger partial charge in [0.1, 0.15) is 6.29 Å². The van der Waals surface area contributed by atoms with Gasteiger partial charge in [-0.15, -0.1) is 0 Å². The Morgan fingerprint density at radius 2 is 2.11 bits per heavy atom. The lowest BCUT2D eigenvalue weighted by Crippen LogP contribution is -2.49. The molecule has 3 rings (SSSR count). The van der Waals surface area contributed by atoms with Gasteiger partial charge in [0.15, 0.2) is 0 Å². The third kappa shape index (κ3) is 1.87. The van der Waals surface area contributed by atoms with Crippen LogP contribution in [-0.4, -0.2) is 29.8 Å². The number of H-pyrrole nitrogens is 1. The lowest BCUT2D eigenvalue weighted by Gasteiger charge is -2.27. The van der Waals surface area contributed by atoms with Crippen LogP contribution in [0.3, 0.4) is 0 Å². The van der Waals surface area contributed by atoms with Crippen molar-refractivity contribution in [1.29, 1.82) is 0 Å². The summed E-state index contributed by atoms with van der Waals surface area (Å²) in [4.78, 5) is 38.5. The van der Waals surface area contributed by atoms with Crippen LogP contribution < -0.4 is 10.2 Å². The van der Waals surface area contributed by atoms with Crippen molar-refractivity contribution in [3.63, 3.8) is 0 Å². The van der Waals surface area contributed by atoms with E-state index in [9.17, 15) is 14.4 Å². The van der Waals surface area contributed by atoms with Crippen molar-refractivity contribution in [3.8, 4) is 0 Å². The Morgan fingerprint density at radius 1 is 1.26 bits per heavy atom. The number of aldehydes is 1. The molecule has 2 aromatic rings. The van der Waals surface area contributed by atoms with Gasteiger partial charge in [-0.25, -0.2) is 4.79 Å². The summed E-state index contributed by atoms with van der Waals surface area (Å²) >= 11 is 0. The number of hydrogen-bond acceptors (Lipinski definition) is 3. The Kier molecular flexibility index (Phi) is 2.56. The number of rotatable bonds is 2. The van der Waals surface area contributed by atoms with Gasteiger partial charge < -0.3 is 4.98 Å². The van der Waals surface area contributed by atoms with Crippen LogP contribution in [0.4, 0.5) is 10.5 Å². The van der Waals surface area contributed by atoms with Gasteiger partial charge in [-0.05, 0) is 18.2 Å². The van der Waals surface area contributed by atoms with Crippen LogP contribution in [-0.2, 0) is 4.79 Å². The van der Waals surface area contributed by atoms with Gasteiger partial charge in [0.25, 0.3) is 0 Å². The number of hydrogen-bond donors (Lipinski definition) is 2. The fourth-order valence-electron chi connectivity index (χ4n) is 2.25. The second kappa shape index (κ2) is 4.24. The standard InChI is InChI=1S/C13H11N3O3/c17-7-8-5-9-1-3-14-12(9)10(6-8)16-4-2-11(18)15-13(16)19/h1,3,5-7,14H,2,4H2,(H,15,18,19). The quantitative estimate of drug-likeness (QED) is 0.798. The Balaban J connectivity index is 2.13. The van der Waals surface area contributed by atoms with Crippen molar-refractivity contribution in [2.75, 3.05) is 11.4 Å². The summed E-state index contributed by atoms with van der Waals surface area (Å²) in [5, 5.41) is 3.12. The van der Waals surface area contributed by atoms with Crippen molar-refractivity contribution in [3.05, 3.63) is 30.0 Å². The zero-order valence-electron chi connectivity index (χ0n) is 9.97. The topological polar surface area (TPSA) is 82.3 Å². The third-order valence-corrected chi connectivity index (χ3v) is 3.14. The predicted molar refractivity (Wildman–Crippen MR) is 69.2 cm³/mol. The maximum Gasteiger partial charge on any atom is 0.328 e. The van der Waals surface area contributed by atoms with E-state index in [0.29, 0.717) is 17.8 Å². The van der Waals surface area contributed by atoms with Crippen LogP contribution in [0.15, 0.2) is 24.4 Å². The van der Waals surface area contributed by atoms with E-state index in [0.717, 1.165) is 17.2 Å². The molecule has 0 bridgehead atoms. The van der Waals surface area contributed by atoms with Crippen molar-refractivity contribution in [2.24, 2.45) is 0 Å². The Hall–Kier alpha value is -2.63. The van der Waals surface area contributed by atoms with E-state index in [4.69, 9.17) is 0 Å². The largest absolute Gasteiger partial charge is 0.359 e. The first-order valence-corrected chi connectivity index (χ1v) is 5.87. The minimum atomic E-state index is -0.463. The molecule has 6 nitrogen and oxygen atoms in total. The van der Waals surface area contributed by atoms with Crippen LogP contribution in [0, 0.1) is 0 Å². The van der Waals surface area contributed by atoms with Gasteiger partial charge in [0, 0.05) is 30.1 Å². The minimum absolute atomic E-state index is 0.249. The normalized spacial score (nSPS) is 15.7. The highest BCUT2D eigenvalue weighted by atomic mass is 16.2. The second-order valence-electron chi connectivity index (χ2n) is 4.35. The zero-order valence-corrected chi connectivity index (χ0v) is 9.97. The summed E-state index contributed by atoms with van der Waals surface area (Å²) in [6.45, 7) is 0.307. The summed E-state index contributed by atoms with van der Waals surface area (Å²) < 4.78 is 0. The average Bonchev–Trinajstić information content (AvgIpc) is 2.86. The molecule has 6 heteroatoms. The molecule has 1 saturated heterocycles. The van der Waals surface area contributed by atoms with Gasteiger partial charge in [-0.1, -0.05) is 0 Å². The summed E-state index contributed by atoms with van der Waals surface area (Å²) in [6, 6.07) is 4.75. The van der Waals surface area contributed by atoms with Crippen LogP contribution in [0.1, 0.15) is 16.8 Å².